The van der Waals surface area contributed by atoms with Crippen LogP contribution in [-0.4, -0.2) is 36.4 Å². The van der Waals surface area contributed by atoms with Gasteiger partial charge in [-0.3, -0.25) is 9.59 Å². The largest absolute Gasteiger partial charge is 0.494 e. The van der Waals surface area contributed by atoms with Gasteiger partial charge in [-0.1, -0.05) is 26.0 Å². The van der Waals surface area contributed by atoms with Crippen molar-refractivity contribution in [2.75, 3.05) is 19.7 Å². The molecule has 0 aliphatic carbocycles. The van der Waals surface area contributed by atoms with E-state index in [-0.39, 0.29) is 23.7 Å². The van der Waals surface area contributed by atoms with Crippen molar-refractivity contribution in [1.29, 1.82) is 0 Å². The second kappa shape index (κ2) is 9.44. The molecule has 0 saturated carbocycles. The number of amides is 2. The molecular formula is C20H30N2O3. The Kier molecular flexibility index (Phi) is 7.29. The molecule has 2 amide bonds. The summed E-state index contributed by atoms with van der Waals surface area (Å²) < 4.78 is 5.49. The summed E-state index contributed by atoms with van der Waals surface area (Å²) in [6.45, 7) is 8.33. The Balaban J connectivity index is 1.88. The second-order valence-electron chi connectivity index (χ2n) is 6.73. The van der Waals surface area contributed by atoms with Crippen LogP contribution in [0.5, 0.6) is 5.75 Å². The lowest BCUT2D eigenvalue weighted by Gasteiger charge is -2.33. The van der Waals surface area contributed by atoms with E-state index in [1.54, 1.807) is 0 Å². The molecule has 1 aromatic carbocycles. The normalized spacial score (nSPS) is 18.5. The number of nitrogens with zero attached hydrogens (tertiary/aromatic N) is 1. The zero-order valence-corrected chi connectivity index (χ0v) is 15.6. The maximum atomic E-state index is 12.5. The fraction of sp³-hybridized carbons (Fsp3) is 0.600. The van der Waals surface area contributed by atoms with Crippen LogP contribution >= 0.6 is 0 Å². The maximum Gasteiger partial charge on any atom is 0.225 e. The van der Waals surface area contributed by atoms with Gasteiger partial charge in [0.1, 0.15) is 5.75 Å². The third kappa shape index (κ3) is 5.48. The number of benzene rings is 1. The van der Waals surface area contributed by atoms with Crippen LogP contribution in [0.3, 0.4) is 0 Å². The van der Waals surface area contributed by atoms with Gasteiger partial charge in [0.15, 0.2) is 0 Å². The predicted octanol–water partition coefficient (Wildman–Crippen LogP) is 2.99. The van der Waals surface area contributed by atoms with Gasteiger partial charge in [0.25, 0.3) is 0 Å². The van der Waals surface area contributed by atoms with E-state index >= 15 is 0 Å². The van der Waals surface area contributed by atoms with Crippen LogP contribution in [0.1, 0.15) is 45.6 Å². The quantitative estimate of drug-likeness (QED) is 0.826. The van der Waals surface area contributed by atoms with E-state index in [0.717, 1.165) is 37.1 Å². The van der Waals surface area contributed by atoms with Gasteiger partial charge < -0.3 is 15.0 Å². The van der Waals surface area contributed by atoms with Crippen molar-refractivity contribution in [2.24, 2.45) is 11.8 Å². The highest BCUT2D eigenvalue weighted by Crippen LogP contribution is 2.20. The first-order valence-electron chi connectivity index (χ1n) is 9.33. The second-order valence-corrected chi connectivity index (χ2v) is 6.73. The van der Waals surface area contributed by atoms with Crippen LogP contribution in [0, 0.1) is 11.8 Å². The van der Waals surface area contributed by atoms with E-state index in [0.29, 0.717) is 19.7 Å². The van der Waals surface area contributed by atoms with E-state index in [4.69, 9.17) is 4.74 Å². The Morgan fingerprint density at radius 3 is 2.88 bits per heavy atom. The fourth-order valence-corrected chi connectivity index (χ4v) is 3.12. The molecule has 138 valence electrons. The number of carbonyl (C=O) groups excluding carboxylic acids is 2. The molecule has 1 saturated heterocycles. The van der Waals surface area contributed by atoms with Gasteiger partial charge in [-0.2, -0.15) is 0 Å². The monoisotopic (exact) mass is 346 g/mol. The zero-order valence-electron chi connectivity index (χ0n) is 15.6. The molecule has 1 aliphatic rings. The molecule has 5 nitrogen and oxygen atoms in total. The molecule has 2 rings (SSSR count). The number of rotatable bonds is 7. The van der Waals surface area contributed by atoms with Gasteiger partial charge in [-0.25, -0.2) is 0 Å². The summed E-state index contributed by atoms with van der Waals surface area (Å²) in [5.41, 5.74) is 1.02. The average Bonchev–Trinajstić information content (AvgIpc) is 2.65. The van der Waals surface area contributed by atoms with Crippen molar-refractivity contribution in [2.45, 2.75) is 46.6 Å². The van der Waals surface area contributed by atoms with Crippen LogP contribution in [-0.2, 0) is 16.1 Å². The molecular weight excluding hydrogens is 316 g/mol. The summed E-state index contributed by atoms with van der Waals surface area (Å²) in [6.07, 6.45) is 2.57. The van der Waals surface area contributed by atoms with Crippen LogP contribution in [0.2, 0.25) is 0 Å². The van der Waals surface area contributed by atoms with Gasteiger partial charge in [-0.05, 0) is 43.9 Å². The first-order chi connectivity index (χ1) is 12.0. The number of carbonyl (C=O) groups is 2. The highest BCUT2D eigenvalue weighted by Gasteiger charge is 2.29. The van der Waals surface area contributed by atoms with E-state index in [1.807, 2.05) is 49.9 Å². The summed E-state index contributed by atoms with van der Waals surface area (Å²) in [4.78, 5) is 26.7. The number of hydrogen-bond donors (Lipinski definition) is 1. The molecule has 2 atom stereocenters. The highest BCUT2D eigenvalue weighted by molar-refractivity contribution is 5.82. The fourth-order valence-electron chi connectivity index (χ4n) is 3.12. The Bertz CT molecular complexity index is 588. The Morgan fingerprint density at radius 2 is 2.16 bits per heavy atom. The molecule has 1 aromatic rings. The summed E-state index contributed by atoms with van der Waals surface area (Å²) in [7, 11) is 0. The van der Waals surface area contributed by atoms with Crippen LogP contribution in [0.25, 0.3) is 0 Å². The van der Waals surface area contributed by atoms with E-state index < -0.39 is 0 Å². The van der Waals surface area contributed by atoms with E-state index in [9.17, 15) is 9.59 Å². The number of ether oxygens (including phenoxy) is 1. The minimum Gasteiger partial charge on any atom is -0.494 e. The minimum atomic E-state index is -0.114. The van der Waals surface area contributed by atoms with Crippen LogP contribution < -0.4 is 10.1 Å². The average molecular weight is 346 g/mol. The summed E-state index contributed by atoms with van der Waals surface area (Å²) in [5, 5.41) is 3.01. The molecule has 1 fully saturated rings. The van der Waals surface area contributed by atoms with Crippen LogP contribution in [0.15, 0.2) is 24.3 Å². The molecule has 1 aliphatic heterocycles. The highest BCUT2D eigenvalue weighted by atomic mass is 16.5. The predicted molar refractivity (Wildman–Crippen MR) is 98.2 cm³/mol. The zero-order chi connectivity index (χ0) is 18.2. The Morgan fingerprint density at radius 1 is 1.36 bits per heavy atom. The van der Waals surface area contributed by atoms with Gasteiger partial charge in [0.05, 0.1) is 12.5 Å². The number of piperidine rings is 1. The first-order valence-corrected chi connectivity index (χ1v) is 9.33. The lowest BCUT2D eigenvalue weighted by Crippen LogP contribution is -2.46. The van der Waals surface area contributed by atoms with Gasteiger partial charge in [0.2, 0.25) is 11.8 Å². The van der Waals surface area contributed by atoms with Gasteiger partial charge in [0, 0.05) is 25.6 Å². The van der Waals surface area contributed by atoms with Crippen molar-refractivity contribution < 1.29 is 14.3 Å². The minimum absolute atomic E-state index is 0.0307. The summed E-state index contributed by atoms with van der Waals surface area (Å²) >= 11 is 0. The molecule has 0 unspecified atom stereocenters. The number of nitrogens with one attached hydrogen (secondary N) is 1. The standard InChI is InChI=1S/C20H30N2O3/c1-4-15(3)20(24)22-11-7-9-17(14-22)19(23)21-13-16-8-6-10-18(12-16)25-5-2/h6,8,10,12,15,17H,4-5,7,9,11,13-14H2,1-3H3,(H,21,23)/t15-,17-/m1/s1. The first kappa shape index (κ1) is 19.3. The summed E-state index contributed by atoms with van der Waals surface area (Å²) in [5.74, 6) is 0.935. The topological polar surface area (TPSA) is 58.6 Å². The van der Waals surface area contributed by atoms with Crippen molar-refractivity contribution in [1.82, 2.24) is 10.2 Å². The molecule has 0 radical (unpaired) electrons. The van der Waals surface area contributed by atoms with Crippen molar-refractivity contribution in [3.63, 3.8) is 0 Å². The van der Waals surface area contributed by atoms with Crippen molar-refractivity contribution in [3.05, 3.63) is 29.8 Å². The molecule has 0 bridgehead atoms. The van der Waals surface area contributed by atoms with Crippen molar-refractivity contribution in [3.8, 4) is 5.75 Å². The molecule has 0 spiro atoms. The Labute approximate surface area is 150 Å². The third-order valence-electron chi connectivity index (χ3n) is 4.81. The number of likely N-dealkylation sites (tertiary alicyclic amines) is 1. The summed E-state index contributed by atoms with van der Waals surface area (Å²) in [6, 6.07) is 7.76. The van der Waals surface area contributed by atoms with E-state index in [2.05, 4.69) is 5.32 Å². The maximum absolute atomic E-state index is 12.5. The molecule has 1 N–H and O–H groups in total. The lowest BCUT2D eigenvalue weighted by molar-refractivity contribution is -0.139. The SMILES string of the molecule is CCOc1cccc(CNC(=O)[C@@H]2CCCN(C(=O)[C@H](C)CC)C2)c1. The third-order valence-corrected chi connectivity index (χ3v) is 4.81. The lowest BCUT2D eigenvalue weighted by atomic mass is 9.95. The Hall–Kier alpha value is -2.04. The van der Waals surface area contributed by atoms with Crippen LogP contribution in [0.4, 0.5) is 0 Å². The molecule has 1 heterocycles. The van der Waals surface area contributed by atoms with Gasteiger partial charge >= 0.3 is 0 Å². The molecule has 5 heteroatoms. The van der Waals surface area contributed by atoms with Gasteiger partial charge in [-0.15, -0.1) is 0 Å². The van der Waals surface area contributed by atoms with Crippen molar-refractivity contribution >= 4 is 11.8 Å². The smallest absolute Gasteiger partial charge is 0.225 e. The molecule has 0 aromatic heterocycles. The van der Waals surface area contributed by atoms with E-state index in [1.165, 1.54) is 0 Å². The molecule has 25 heavy (non-hydrogen) atoms. The number of hydrogen-bond acceptors (Lipinski definition) is 3.